The van der Waals surface area contributed by atoms with Crippen molar-refractivity contribution in [2.45, 2.75) is 49.6 Å². The van der Waals surface area contributed by atoms with E-state index in [1.165, 1.54) is 12.1 Å². The fourth-order valence-electron chi connectivity index (χ4n) is 2.31. The smallest absolute Gasteiger partial charge is 0.250 e. The lowest BCUT2D eigenvalue weighted by Crippen LogP contribution is -2.50. The zero-order chi connectivity index (χ0) is 16.9. The number of sulfonamides is 1. The van der Waals surface area contributed by atoms with Gasteiger partial charge in [-0.3, -0.25) is 4.79 Å². The second-order valence-electron chi connectivity index (χ2n) is 5.96. The number of amides is 1. The standard InChI is InChI=1S/C16H24N2O4S/c1-2-6-14(15(19)16(20)17-11-12-9-10-12)18-23(21,22)13-7-4-3-5-8-13/h3-5,7-8,12,14-15,18-19H,2,6,9-11H2,1H3,(H,17,20). The van der Waals surface area contributed by atoms with Gasteiger partial charge in [-0.25, -0.2) is 13.1 Å². The predicted octanol–water partition coefficient (Wildman–Crippen LogP) is 1.02. The van der Waals surface area contributed by atoms with E-state index in [0.717, 1.165) is 12.8 Å². The van der Waals surface area contributed by atoms with E-state index in [2.05, 4.69) is 10.0 Å². The highest BCUT2D eigenvalue weighted by atomic mass is 32.2. The predicted molar refractivity (Wildman–Crippen MR) is 87.2 cm³/mol. The van der Waals surface area contributed by atoms with Crippen LogP contribution in [0, 0.1) is 5.92 Å². The van der Waals surface area contributed by atoms with Crippen molar-refractivity contribution >= 4 is 15.9 Å². The number of carbonyl (C=O) groups is 1. The van der Waals surface area contributed by atoms with Crippen molar-refractivity contribution in [3.05, 3.63) is 30.3 Å². The molecule has 0 aromatic heterocycles. The molecule has 1 aliphatic rings. The van der Waals surface area contributed by atoms with Crippen molar-refractivity contribution in [2.24, 2.45) is 5.92 Å². The average Bonchev–Trinajstić information content (AvgIpc) is 3.36. The highest BCUT2D eigenvalue weighted by molar-refractivity contribution is 7.89. The Balaban J connectivity index is 2.03. The van der Waals surface area contributed by atoms with Gasteiger partial charge in [0.25, 0.3) is 5.91 Å². The minimum atomic E-state index is -3.77. The molecular weight excluding hydrogens is 316 g/mol. The topological polar surface area (TPSA) is 95.5 Å². The Hall–Kier alpha value is -1.44. The van der Waals surface area contributed by atoms with Crippen LogP contribution in [0.15, 0.2) is 35.2 Å². The minimum absolute atomic E-state index is 0.117. The SMILES string of the molecule is CCCC(NS(=O)(=O)c1ccccc1)C(O)C(=O)NCC1CC1. The van der Waals surface area contributed by atoms with Gasteiger partial charge in [-0.1, -0.05) is 31.5 Å². The van der Waals surface area contributed by atoms with E-state index < -0.39 is 28.1 Å². The highest BCUT2D eigenvalue weighted by Crippen LogP contribution is 2.27. The van der Waals surface area contributed by atoms with Gasteiger partial charge in [0.2, 0.25) is 10.0 Å². The summed E-state index contributed by atoms with van der Waals surface area (Å²) in [6, 6.07) is 7.09. The second kappa shape index (κ2) is 7.90. The van der Waals surface area contributed by atoms with Crippen LogP contribution in [0.25, 0.3) is 0 Å². The van der Waals surface area contributed by atoms with Crippen molar-refractivity contribution in [3.63, 3.8) is 0 Å². The third-order valence-electron chi connectivity index (χ3n) is 3.87. The molecule has 0 saturated heterocycles. The van der Waals surface area contributed by atoms with Gasteiger partial charge >= 0.3 is 0 Å². The molecular formula is C16H24N2O4S. The highest BCUT2D eigenvalue weighted by Gasteiger charge is 2.31. The first-order valence-electron chi connectivity index (χ1n) is 7.97. The van der Waals surface area contributed by atoms with Gasteiger partial charge in [0.05, 0.1) is 10.9 Å². The van der Waals surface area contributed by atoms with Crippen molar-refractivity contribution in [1.82, 2.24) is 10.0 Å². The molecule has 7 heteroatoms. The molecule has 0 spiro atoms. The summed E-state index contributed by atoms with van der Waals surface area (Å²) < 4.78 is 27.2. The minimum Gasteiger partial charge on any atom is -0.382 e. The molecule has 2 unspecified atom stereocenters. The number of rotatable bonds is 9. The molecule has 0 aliphatic heterocycles. The molecule has 1 fully saturated rings. The van der Waals surface area contributed by atoms with E-state index >= 15 is 0 Å². The number of carbonyl (C=O) groups excluding carboxylic acids is 1. The van der Waals surface area contributed by atoms with E-state index in [4.69, 9.17) is 0 Å². The van der Waals surface area contributed by atoms with E-state index in [1.807, 2.05) is 6.92 Å². The van der Waals surface area contributed by atoms with Crippen LogP contribution >= 0.6 is 0 Å². The Labute approximate surface area is 137 Å². The van der Waals surface area contributed by atoms with Gasteiger partial charge < -0.3 is 10.4 Å². The van der Waals surface area contributed by atoms with Crippen LogP contribution in [0.2, 0.25) is 0 Å². The van der Waals surface area contributed by atoms with E-state index in [9.17, 15) is 18.3 Å². The molecule has 23 heavy (non-hydrogen) atoms. The number of aliphatic hydroxyl groups is 1. The number of hydrogen-bond acceptors (Lipinski definition) is 4. The Kier molecular flexibility index (Phi) is 6.15. The first-order valence-corrected chi connectivity index (χ1v) is 9.45. The maximum Gasteiger partial charge on any atom is 0.250 e. The summed E-state index contributed by atoms with van der Waals surface area (Å²) in [5.74, 6) is -0.0251. The lowest BCUT2D eigenvalue weighted by Gasteiger charge is -2.23. The molecule has 1 saturated carbocycles. The van der Waals surface area contributed by atoms with Crippen LogP contribution in [0.1, 0.15) is 32.6 Å². The Morgan fingerprint density at radius 2 is 1.96 bits per heavy atom. The zero-order valence-corrected chi connectivity index (χ0v) is 14.1. The molecule has 1 aromatic carbocycles. The molecule has 3 N–H and O–H groups in total. The summed E-state index contributed by atoms with van der Waals surface area (Å²) in [4.78, 5) is 12.1. The summed E-state index contributed by atoms with van der Waals surface area (Å²) in [5, 5.41) is 12.9. The Bertz CT molecular complexity index is 614. The van der Waals surface area contributed by atoms with Crippen molar-refractivity contribution in [1.29, 1.82) is 0 Å². The maximum atomic E-state index is 12.4. The first kappa shape index (κ1) is 17.9. The Morgan fingerprint density at radius 3 is 2.52 bits per heavy atom. The van der Waals surface area contributed by atoms with Crippen LogP contribution in [-0.4, -0.2) is 38.1 Å². The normalized spacial score (nSPS) is 17.5. The van der Waals surface area contributed by atoms with E-state index in [0.29, 0.717) is 25.3 Å². The molecule has 1 amide bonds. The molecule has 2 rings (SSSR count). The molecule has 2 atom stereocenters. The van der Waals surface area contributed by atoms with Gasteiger partial charge in [0.1, 0.15) is 6.10 Å². The number of nitrogens with one attached hydrogen (secondary N) is 2. The zero-order valence-electron chi connectivity index (χ0n) is 13.2. The number of hydrogen-bond donors (Lipinski definition) is 3. The molecule has 1 aromatic rings. The van der Waals surface area contributed by atoms with Crippen LogP contribution in [0.5, 0.6) is 0 Å². The largest absolute Gasteiger partial charge is 0.382 e. The molecule has 0 heterocycles. The number of aliphatic hydroxyl groups excluding tert-OH is 1. The fourth-order valence-corrected chi connectivity index (χ4v) is 3.61. The summed E-state index contributed by atoms with van der Waals surface area (Å²) in [5.41, 5.74) is 0. The van der Waals surface area contributed by atoms with Crippen molar-refractivity contribution in [2.75, 3.05) is 6.54 Å². The fraction of sp³-hybridized carbons (Fsp3) is 0.562. The van der Waals surface area contributed by atoms with E-state index in [-0.39, 0.29) is 4.90 Å². The molecule has 6 nitrogen and oxygen atoms in total. The molecule has 1 aliphatic carbocycles. The molecule has 128 valence electrons. The Morgan fingerprint density at radius 1 is 1.30 bits per heavy atom. The van der Waals surface area contributed by atoms with Crippen molar-refractivity contribution < 1.29 is 18.3 Å². The van der Waals surface area contributed by atoms with Crippen LogP contribution in [0.4, 0.5) is 0 Å². The van der Waals surface area contributed by atoms with Gasteiger partial charge in [-0.05, 0) is 37.3 Å². The number of benzene rings is 1. The summed E-state index contributed by atoms with van der Waals surface area (Å²) >= 11 is 0. The monoisotopic (exact) mass is 340 g/mol. The van der Waals surface area contributed by atoms with Gasteiger partial charge in [-0.15, -0.1) is 0 Å². The van der Waals surface area contributed by atoms with Gasteiger partial charge in [0, 0.05) is 6.54 Å². The maximum absolute atomic E-state index is 12.4. The summed E-state index contributed by atoms with van der Waals surface area (Å²) in [6.45, 7) is 2.42. The summed E-state index contributed by atoms with van der Waals surface area (Å²) in [7, 11) is -3.77. The quantitative estimate of drug-likeness (QED) is 0.625. The molecule has 0 bridgehead atoms. The van der Waals surface area contributed by atoms with Crippen LogP contribution < -0.4 is 10.0 Å². The lowest BCUT2D eigenvalue weighted by atomic mass is 10.1. The first-order chi connectivity index (χ1) is 10.9. The summed E-state index contributed by atoms with van der Waals surface area (Å²) in [6.07, 6.45) is 1.82. The van der Waals surface area contributed by atoms with Crippen LogP contribution in [0.3, 0.4) is 0 Å². The van der Waals surface area contributed by atoms with Crippen LogP contribution in [-0.2, 0) is 14.8 Å². The van der Waals surface area contributed by atoms with E-state index in [1.54, 1.807) is 18.2 Å². The lowest BCUT2D eigenvalue weighted by molar-refractivity contribution is -0.130. The second-order valence-corrected chi connectivity index (χ2v) is 7.68. The van der Waals surface area contributed by atoms with Gasteiger partial charge in [0.15, 0.2) is 0 Å². The third kappa shape index (κ3) is 5.30. The molecule has 0 radical (unpaired) electrons. The average molecular weight is 340 g/mol. The third-order valence-corrected chi connectivity index (χ3v) is 5.38. The van der Waals surface area contributed by atoms with Crippen molar-refractivity contribution in [3.8, 4) is 0 Å². The van der Waals surface area contributed by atoms with Gasteiger partial charge in [-0.2, -0.15) is 0 Å².